The van der Waals surface area contributed by atoms with Crippen LogP contribution in [0.1, 0.15) is 46.2 Å². The molecule has 0 aliphatic carbocycles. The number of piperidine rings is 1. The van der Waals surface area contributed by atoms with Gasteiger partial charge in [0.2, 0.25) is 0 Å². The first kappa shape index (κ1) is 18.5. The number of nitrogens with zero attached hydrogens (tertiary/aromatic N) is 5. The van der Waals surface area contributed by atoms with Gasteiger partial charge in [0.15, 0.2) is 0 Å². The van der Waals surface area contributed by atoms with E-state index in [1.807, 2.05) is 0 Å². The molecule has 4 rings (SSSR count). The van der Waals surface area contributed by atoms with Crippen molar-refractivity contribution < 1.29 is 22.5 Å². The van der Waals surface area contributed by atoms with E-state index >= 15 is 0 Å². The van der Waals surface area contributed by atoms with Crippen molar-refractivity contribution in [3.8, 4) is 0 Å². The molecule has 10 heteroatoms. The Balaban J connectivity index is 1.68. The molecule has 1 amide bonds. The van der Waals surface area contributed by atoms with Crippen molar-refractivity contribution in [1.82, 2.24) is 24.8 Å². The number of hydrogen-bond donors (Lipinski definition) is 0. The highest BCUT2D eigenvalue weighted by atomic mass is 19.4. The van der Waals surface area contributed by atoms with Gasteiger partial charge in [-0.15, -0.1) is 0 Å². The SMILES string of the molecule is Cc1noc2nc([C@@H]3CCCN(C(=O)c4ccnn4C)C3)cc(C(F)(F)F)c12. The van der Waals surface area contributed by atoms with Gasteiger partial charge in [-0.1, -0.05) is 5.16 Å². The summed E-state index contributed by atoms with van der Waals surface area (Å²) in [5.41, 5.74) is -0.0823. The molecule has 0 bridgehead atoms. The highest BCUT2D eigenvalue weighted by Gasteiger charge is 2.37. The van der Waals surface area contributed by atoms with Crippen molar-refractivity contribution >= 4 is 17.0 Å². The van der Waals surface area contributed by atoms with E-state index in [2.05, 4.69) is 15.2 Å². The van der Waals surface area contributed by atoms with Gasteiger partial charge in [-0.05, 0) is 31.9 Å². The maximum atomic E-state index is 13.6. The molecule has 0 saturated carbocycles. The van der Waals surface area contributed by atoms with Gasteiger partial charge in [0.25, 0.3) is 11.6 Å². The predicted octanol–water partition coefficient (Wildman–Crippen LogP) is 3.30. The highest BCUT2D eigenvalue weighted by Crippen LogP contribution is 2.38. The van der Waals surface area contributed by atoms with Gasteiger partial charge in [-0.25, -0.2) is 4.98 Å². The standard InChI is InChI=1S/C18H18F3N5O2/c1-10-15-12(18(19,20)21)8-13(23-16(15)28-24-10)11-4-3-7-26(9-11)17(27)14-5-6-22-25(14)2/h5-6,8,11H,3-4,7,9H2,1-2H3/t11-/m1/s1. The number of aryl methyl sites for hydroxylation is 2. The van der Waals surface area contributed by atoms with Crippen LogP contribution in [0.2, 0.25) is 0 Å². The van der Waals surface area contributed by atoms with E-state index in [1.54, 1.807) is 18.0 Å². The number of fused-ring (bicyclic) bond motifs is 1. The summed E-state index contributed by atoms with van der Waals surface area (Å²) in [6, 6.07) is 2.69. The normalized spacial score (nSPS) is 18.0. The molecule has 28 heavy (non-hydrogen) atoms. The fourth-order valence-electron chi connectivity index (χ4n) is 3.70. The molecule has 3 aromatic heterocycles. The van der Waals surface area contributed by atoms with Gasteiger partial charge in [0.1, 0.15) is 5.69 Å². The molecule has 1 fully saturated rings. The summed E-state index contributed by atoms with van der Waals surface area (Å²) in [6.07, 6.45) is -1.71. The van der Waals surface area contributed by atoms with E-state index in [-0.39, 0.29) is 40.9 Å². The molecule has 7 nitrogen and oxygen atoms in total. The zero-order chi connectivity index (χ0) is 20.1. The lowest BCUT2D eigenvalue weighted by molar-refractivity contribution is -0.136. The molecular formula is C18H18F3N5O2. The van der Waals surface area contributed by atoms with Crippen LogP contribution in [-0.4, -0.2) is 43.8 Å². The third-order valence-electron chi connectivity index (χ3n) is 5.11. The summed E-state index contributed by atoms with van der Waals surface area (Å²) in [6.45, 7) is 2.28. The van der Waals surface area contributed by atoms with Gasteiger partial charge in [0, 0.05) is 32.3 Å². The van der Waals surface area contributed by atoms with Gasteiger partial charge >= 0.3 is 6.18 Å². The Labute approximate surface area is 158 Å². The number of halogens is 3. The summed E-state index contributed by atoms with van der Waals surface area (Å²) in [7, 11) is 1.67. The smallest absolute Gasteiger partial charge is 0.337 e. The molecule has 1 aliphatic heterocycles. The molecule has 1 aliphatic rings. The lowest BCUT2D eigenvalue weighted by Gasteiger charge is -2.32. The Bertz CT molecular complexity index is 1040. The number of hydrogen-bond acceptors (Lipinski definition) is 5. The largest absolute Gasteiger partial charge is 0.417 e. The second kappa shape index (κ2) is 6.61. The topological polar surface area (TPSA) is 77.1 Å². The molecule has 1 saturated heterocycles. The summed E-state index contributed by atoms with van der Waals surface area (Å²) in [5.74, 6) is -0.515. The van der Waals surface area contributed by atoms with Gasteiger partial charge < -0.3 is 9.42 Å². The van der Waals surface area contributed by atoms with Crippen LogP contribution in [0, 0.1) is 6.92 Å². The Morgan fingerprint density at radius 1 is 1.36 bits per heavy atom. The van der Waals surface area contributed by atoms with Crippen LogP contribution in [-0.2, 0) is 13.2 Å². The summed E-state index contributed by atoms with van der Waals surface area (Å²) < 4.78 is 47.3. The maximum Gasteiger partial charge on any atom is 0.417 e. The molecule has 0 spiro atoms. The van der Waals surface area contributed by atoms with Crippen LogP contribution in [0.5, 0.6) is 0 Å². The third kappa shape index (κ3) is 3.12. The molecule has 1 atom stereocenters. The molecule has 0 aromatic carbocycles. The number of alkyl halides is 3. The molecule has 0 N–H and O–H groups in total. The van der Waals surface area contributed by atoms with Crippen LogP contribution in [0.15, 0.2) is 22.9 Å². The molecule has 0 unspecified atom stereocenters. The van der Waals surface area contributed by atoms with Crippen molar-refractivity contribution in [2.45, 2.75) is 31.9 Å². The fourth-order valence-corrected chi connectivity index (χ4v) is 3.70. The summed E-state index contributed by atoms with van der Waals surface area (Å²) >= 11 is 0. The Morgan fingerprint density at radius 3 is 2.82 bits per heavy atom. The number of amides is 1. The quantitative estimate of drug-likeness (QED) is 0.668. The average Bonchev–Trinajstić information content (AvgIpc) is 3.25. The molecule has 3 aromatic rings. The fraction of sp³-hybridized carbons (Fsp3) is 0.444. The number of pyridine rings is 1. The number of carbonyl (C=O) groups excluding carboxylic acids is 1. The number of likely N-dealkylation sites (tertiary alicyclic amines) is 1. The van der Waals surface area contributed by atoms with E-state index in [9.17, 15) is 18.0 Å². The zero-order valence-electron chi connectivity index (χ0n) is 15.3. The monoisotopic (exact) mass is 393 g/mol. The van der Waals surface area contributed by atoms with Crippen LogP contribution in [0.25, 0.3) is 11.1 Å². The first-order valence-corrected chi connectivity index (χ1v) is 8.87. The van der Waals surface area contributed by atoms with E-state index in [1.165, 1.54) is 17.8 Å². The van der Waals surface area contributed by atoms with E-state index in [4.69, 9.17) is 4.52 Å². The first-order chi connectivity index (χ1) is 13.3. The summed E-state index contributed by atoms with van der Waals surface area (Å²) in [5, 5.41) is 7.51. The average molecular weight is 393 g/mol. The predicted molar refractivity (Wildman–Crippen MR) is 92.6 cm³/mol. The van der Waals surface area contributed by atoms with Crippen molar-refractivity contribution in [3.05, 3.63) is 41.0 Å². The molecule has 148 valence electrons. The second-order valence-corrected chi connectivity index (χ2v) is 6.97. The Hall–Kier alpha value is -2.91. The van der Waals surface area contributed by atoms with Crippen molar-refractivity contribution in [2.75, 3.05) is 13.1 Å². The van der Waals surface area contributed by atoms with Gasteiger partial charge in [-0.2, -0.15) is 18.3 Å². The van der Waals surface area contributed by atoms with E-state index in [0.29, 0.717) is 25.1 Å². The number of aromatic nitrogens is 4. The number of rotatable bonds is 2. The van der Waals surface area contributed by atoms with E-state index in [0.717, 1.165) is 6.07 Å². The van der Waals surface area contributed by atoms with Crippen LogP contribution < -0.4 is 0 Å². The van der Waals surface area contributed by atoms with Gasteiger partial charge in [0.05, 0.1) is 22.3 Å². The lowest BCUT2D eigenvalue weighted by Crippen LogP contribution is -2.40. The van der Waals surface area contributed by atoms with Crippen molar-refractivity contribution in [1.29, 1.82) is 0 Å². The maximum absolute atomic E-state index is 13.6. The first-order valence-electron chi connectivity index (χ1n) is 8.87. The van der Waals surface area contributed by atoms with Crippen molar-refractivity contribution in [2.24, 2.45) is 7.05 Å². The second-order valence-electron chi connectivity index (χ2n) is 6.97. The van der Waals surface area contributed by atoms with Crippen molar-refractivity contribution in [3.63, 3.8) is 0 Å². The molecular weight excluding hydrogens is 375 g/mol. The molecule has 4 heterocycles. The minimum Gasteiger partial charge on any atom is -0.337 e. The minimum atomic E-state index is -4.55. The highest BCUT2D eigenvalue weighted by molar-refractivity contribution is 5.92. The van der Waals surface area contributed by atoms with E-state index < -0.39 is 11.7 Å². The Morgan fingerprint density at radius 2 is 2.14 bits per heavy atom. The zero-order valence-corrected chi connectivity index (χ0v) is 15.3. The summed E-state index contributed by atoms with van der Waals surface area (Å²) in [4.78, 5) is 18.7. The van der Waals surface area contributed by atoms with Crippen LogP contribution >= 0.6 is 0 Å². The number of carbonyl (C=O) groups is 1. The minimum absolute atomic E-state index is 0.116. The lowest BCUT2D eigenvalue weighted by atomic mass is 9.92. The Kier molecular flexibility index (Phi) is 4.35. The molecule has 0 radical (unpaired) electrons. The van der Waals surface area contributed by atoms with Crippen LogP contribution in [0.3, 0.4) is 0 Å². The third-order valence-corrected chi connectivity index (χ3v) is 5.11. The van der Waals surface area contributed by atoms with Crippen LogP contribution in [0.4, 0.5) is 13.2 Å². The van der Waals surface area contributed by atoms with Gasteiger partial charge in [-0.3, -0.25) is 9.48 Å².